The zero-order valence-corrected chi connectivity index (χ0v) is 13.2. The van der Waals surface area contributed by atoms with Crippen LogP contribution >= 0.6 is 0 Å². The van der Waals surface area contributed by atoms with E-state index in [0.29, 0.717) is 38.4 Å². The third kappa shape index (κ3) is 4.25. The summed E-state index contributed by atoms with van der Waals surface area (Å²) in [6, 6.07) is 5.85. The van der Waals surface area contributed by atoms with E-state index in [0.717, 1.165) is 6.54 Å². The zero-order valence-electron chi connectivity index (χ0n) is 13.2. The third-order valence-corrected chi connectivity index (χ3v) is 3.88. The monoisotopic (exact) mass is 309 g/mol. The van der Waals surface area contributed by atoms with Gasteiger partial charge in [0, 0.05) is 33.2 Å². The molecule has 1 aromatic carbocycles. The van der Waals surface area contributed by atoms with Crippen molar-refractivity contribution in [3.05, 3.63) is 35.6 Å². The first-order chi connectivity index (χ1) is 10.6. The minimum atomic E-state index is -0.457. The van der Waals surface area contributed by atoms with Gasteiger partial charge in [0.2, 0.25) is 5.91 Å². The van der Waals surface area contributed by atoms with Crippen molar-refractivity contribution in [2.75, 3.05) is 53.5 Å². The van der Waals surface area contributed by atoms with Crippen LogP contribution in [0.2, 0.25) is 0 Å². The first-order valence-electron chi connectivity index (χ1n) is 7.60. The molecule has 0 bridgehead atoms. The van der Waals surface area contributed by atoms with Crippen LogP contribution in [0, 0.1) is 5.82 Å². The van der Waals surface area contributed by atoms with Gasteiger partial charge in [-0.2, -0.15) is 0 Å². The number of hydrogen-bond donors (Lipinski definition) is 1. The first kappa shape index (κ1) is 16.9. The van der Waals surface area contributed by atoms with Gasteiger partial charge in [-0.25, -0.2) is 4.39 Å². The highest BCUT2D eigenvalue weighted by molar-refractivity contribution is 5.83. The van der Waals surface area contributed by atoms with Crippen LogP contribution in [-0.2, 0) is 9.53 Å². The second-order valence-corrected chi connectivity index (χ2v) is 5.47. The van der Waals surface area contributed by atoms with E-state index >= 15 is 0 Å². The SMILES string of the molecule is CNCCN(C)C(=O)C(c1cccc(F)c1)N1CCOCC1. The van der Waals surface area contributed by atoms with Gasteiger partial charge in [-0.05, 0) is 24.7 Å². The first-order valence-corrected chi connectivity index (χ1v) is 7.60. The summed E-state index contributed by atoms with van der Waals surface area (Å²) >= 11 is 0. The van der Waals surface area contributed by atoms with E-state index in [9.17, 15) is 9.18 Å². The van der Waals surface area contributed by atoms with Crippen LogP contribution in [0.5, 0.6) is 0 Å². The molecule has 1 heterocycles. The molecule has 1 atom stereocenters. The van der Waals surface area contributed by atoms with Crippen LogP contribution in [0.4, 0.5) is 4.39 Å². The molecule has 1 aliphatic rings. The molecule has 6 heteroatoms. The summed E-state index contributed by atoms with van der Waals surface area (Å²) in [5.41, 5.74) is 0.697. The fourth-order valence-electron chi connectivity index (χ4n) is 2.62. The fraction of sp³-hybridized carbons (Fsp3) is 0.562. The number of amides is 1. The highest BCUT2D eigenvalue weighted by Crippen LogP contribution is 2.24. The molecule has 1 saturated heterocycles. The molecule has 5 nitrogen and oxygen atoms in total. The lowest BCUT2D eigenvalue weighted by molar-refractivity contribution is -0.137. The Morgan fingerprint density at radius 1 is 1.45 bits per heavy atom. The fourth-order valence-corrected chi connectivity index (χ4v) is 2.62. The van der Waals surface area contributed by atoms with Gasteiger partial charge >= 0.3 is 0 Å². The maximum absolute atomic E-state index is 13.6. The van der Waals surface area contributed by atoms with Crippen LogP contribution in [0.15, 0.2) is 24.3 Å². The van der Waals surface area contributed by atoms with Crippen molar-refractivity contribution in [1.29, 1.82) is 0 Å². The number of hydrogen-bond acceptors (Lipinski definition) is 4. The molecule has 1 fully saturated rings. The summed E-state index contributed by atoms with van der Waals surface area (Å²) in [7, 11) is 3.64. The quantitative estimate of drug-likeness (QED) is 0.847. The van der Waals surface area contributed by atoms with E-state index in [1.54, 1.807) is 18.0 Å². The summed E-state index contributed by atoms with van der Waals surface area (Å²) in [4.78, 5) is 16.6. The van der Waals surface area contributed by atoms with Gasteiger partial charge in [0.05, 0.1) is 13.2 Å². The summed E-state index contributed by atoms with van der Waals surface area (Å²) in [6.45, 7) is 3.88. The Morgan fingerprint density at radius 3 is 2.82 bits per heavy atom. The molecule has 1 aromatic rings. The average molecular weight is 309 g/mol. The zero-order chi connectivity index (χ0) is 15.9. The van der Waals surface area contributed by atoms with E-state index in [2.05, 4.69) is 10.2 Å². The molecule has 0 spiro atoms. The number of benzene rings is 1. The Kier molecular flexibility index (Phi) is 6.30. The van der Waals surface area contributed by atoms with Crippen molar-refractivity contribution in [2.24, 2.45) is 0 Å². The number of nitrogens with zero attached hydrogens (tertiary/aromatic N) is 2. The maximum atomic E-state index is 13.6. The lowest BCUT2D eigenvalue weighted by Gasteiger charge is -2.36. The van der Waals surface area contributed by atoms with Gasteiger partial charge in [-0.1, -0.05) is 12.1 Å². The molecule has 1 N–H and O–H groups in total. The second kappa shape index (κ2) is 8.22. The van der Waals surface area contributed by atoms with Crippen molar-refractivity contribution in [3.63, 3.8) is 0 Å². The van der Waals surface area contributed by atoms with Crippen molar-refractivity contribution in [3.8, 4) is 0 Å². The van der Waals surface area contributed by atoms with E-state index in [4.69, 9.17) is 4.74 Å². The summed E-state index contributed by atoms with van der Waals surface area (Å²) in [6.07, 6.45) is 0. The van der Waals surface area contributed by atoms with Gasteiger partial charge in [0.15, 0.2) is 0 Å². The number of carbonyl (C=O) groups excluding carboxylic acids is 1. The maximum Gasteiger partial charge on any atom is 0.244 e. The molecule has 2 rings (SSSR count). The molecule has 1 aliphatic heterocycles. The van der Waals surface area contributed by atoms with Crippen molar-refractivity contribution >= 4 is 5.91 Å². The molecule has 0 aromatic heterocycles. The molecular weight excluding hydrogens is 285 g/mol. The minimum absolute atomic E-state index is 0.0113. The van der Waals surface area contributed by atoms with Gasteiger partial charge in [-0.15, -0.1) is 0 Å². The topological polar surface area (TPSA) is 44.8 Å². The van der Waals surface area contributed by atoms with Gasteiger partial charge < -0.3 is 15.0 Å². The Bertz CT molecular complexity index is 492. The van der Waals surface area contributed by atoms with Crippen LogP contribution in [0.25, 0.3) is 0 Å². The van der Waals surface area contributed by atoms with Gasteiger partial charge in [0.25, 0.3) is 0 Å². The number of ether oxygens (including phenoxy) is 1. The van der Waals surface area contributed by atoms with E-state index < -0.39 is 6.04 Å². The molecule has 1 unspecified atom stereocenters. The molecule has 0 radical (unpaired) electrons. The molecule has 0 aliphatic carbocycles. The normalized spacial score (nSPS) is 17.2. The lowest BCUT2D eigenvalue weighted by atomic mass is 10.0. The van der Waals surface area contributed by atoms with Crippen LogP contribution in [-0.4, -0.2) is 69.2 Å². The summed E-state index contributed by atoms with van der Waals surface area (Å²) < 4.78 is 18.9. The van der Waals surface area contributed by atoms with Crippen LogP contribution < -0.4 is 5.32 Å². The van der Waals surface area contributed by atoms with E-state index in [-0.39, 0.29) is 11.7 Å². The number of halogens is 1. The molecule has 1 amide bonds. The highest BCUT2D eigenvalue weighted by Gasteiger charge is 2.31. The highest BCUT2D eigenvalue weighted by atomic mass is 19.1. The predicted molar refractivity (Wildman–Crippen MR) is 83.1 cm³/mol. The Balaban J connectivity index is 2.22. The smallest absolute Gasteiger partial charge is 0.244 e. The Morgan fingerprint density at radius 2 is 2.18 bits per heavy atom. The number of likely N-dealkylation sites (N-methyl/N-ethyl adjacent to an activating group) is 2. The predicted octanol–water partition coefficient (Wildman–Crippen LogP) is 0.877. The molecule has 122 valence electrons. The van der Waals surface area contributed by atoms with Gasteiger partial charge in [-0.3, -0.25) is 9.69 Å². The molecular formula is C16H24FN3O2. The van der Waals surface area contributed by atoms with Crippen molar-refractivity contribution in [1.82, 2.24) is 15.1 Å². The van der Waals surface area contributed by atoms with Crippen molar-refractivity contribution < 1.29 is 13.9 Å². The average Bonchev–Trinajstić information content (AvgIpc) is 2.54. The second-order valence-electron chi connectivity index (χ2n) is 5.47. The number of morpholine rings is 1. The minimum Gasteiger partial charge on any atom is -0.379 e. The number of carbonyl (C=O) groups is 1. The lowest BCUT2D eigenvalue weighted by Crippen LogP contribution is -2.47. The van der Waals surface area contributed by atoms with Crippen molar-refractivity contribution in [2.45, 2.75) is 6.04 Å². The van der Waals surface area contributed by atoms with E-state index in [1.165, 1.54) is 12.1 Å². The van der Waals surface area contributed by atoms with E-state index in [1.807, 2.05) is 13.1 Å². The largest absolute Gasteiger partial charge is 0.379 e. The number of rotatable bonds is 6. The van der Waals surface area contributed by atoms with Gasteiger partial charge in [0.1, 0.15) is 11.9 Å². The Hall–Kier alpha value is -1.50. The molecule has 22 heavy (non-hydrogen) atoms. The standard InChI is InChI=1S/C16H24FN3O2/c1-18-6-7-19(2)16(21)15(20-8-10-22-11-9-20)13-4-3-5-14(17)12-13/h3-5,12,15,18H,6-11H2,1-2H3. The van der Waals surface area contributed by atoms with Crippen LogP contribution in [0.1, 0.15) is 11.6 Å². The summed E-state index contributed by atoms with van der Waals surface area (Å²) in [5.74, 6) is -0.329. The third-order valence-electron chi connectivity index (χ3n) is 3.88. The Labute approximate surface area is 131 Å². The molecule has 0 saturated carbocycles. The number of nitrogens with one attached hydrogen (secondary N) is 1. The van der Waals surface area contributed by atoms with Crippen LogP contribution in [0.3, 0.4) is 0 Å². The summed E-state index contributed by atoms with van der Waals surface area (Å²) in [5, 5.41) is 3.03.